The third-order valence-electron chi connectivity index (χ3n) is 4.04. The van der Waals surface area contributed by atoms with E-state index in [1.165, 1.54) is 7.11 Å². The SMILES string of the molecule is CCCCCCn1c(=O)c(C(=O)OCC)c(OC)c2ccccc21. The first-order chi connectivity index (χ1) is 11.7. The van der Waals surface area contributed by atoms with E-state index in [0.717, 1.165) is 36.6 Å². The van der Waals surface area contributed by atoms with Crippen LogP contribution in [0.1, 0.15) is 49.9 Å². The summed E-state index contributed by atoms with van der Waals surface area (Å²) in [4.78, 5) is 25.2. The van der Waals surface area contributed by atoms with Crippen molar-refractivity contribution in [1.82, 2.24) is 4.57 Å². The van der Waals surface area contributed by atoms with E-state index in [1.807, 2.05) is 24.3 Å². The molecule has 0 N–H and O–H groups in total. The molecule has 0 saturated heterocycles. The second-order valence-corrected chi connectivity index (χ2v) is 5.66. The normalized spacial score (nSPS) is 10.8. The van der Waals surface area contributed by atoms with E-state index < -0.39 is 5.97 Å². The Morgan fingerprint density at radius 1 is 1.12 bits per heavy atom. The maximum Gasteiger partial charge on any atom is 0.347 e. The molecule has 0 atom stereocenters. The Hall–Kier alpha value is -2.30. The molecule has 0 aliphatic rings. The molecule has 2 rings (SSSR count). The molecule has 2 aromatic rings. The lowest BCUT2D eigenvalue weighted by Crippen LogP contribution is -2.29. The number of carbonyl (C=O) groups excluding carboxylic acids is 1. The van der Waals surface area contributed by atoms with Crippen LogP contribution in [0.15, 0.2) is 29.1 Å². The molecule has 0 saturated carbocycles. The number of pyridine rings is 1. The first kappa shape index (κ1) is 18.0. The minimum atomic E-state index is -0.632. The Labute approximate surface area is 142 Å². The number of hydrogen-bond donors (Lipinski definition) is 0. The van der Waals surface area contributed by atoms with Crippen LogP contribution >= 0.6 is 0 Å². The number of benzene rings is 1. The zero-order valence-electron chi connectivity index (χ0n) is 14.6. The zero-order chi connectivity index (χ0) is 17.5. The maximum absolute atomic E-state index is 12.9. The van der Waals surface area contributed by atoms with Gasteiger partial charge in [-0.15, -0.1) is 0 Å². The van der Waals surface area contributed by atoms with Crippen LogP contribution in [0.2, 0.25) is 0 Å². The highest BCUT2D eigenvalue weighted by Gasteiger charge is 2.24. The number of fused-ring (bicyclic) bond motifs is 1. The average Bonchev–Trinajstić information content (AvgIpc) is 2.59. The number of hydrogen-bond acceptors (Lipinski definition) is 4. The molecule has 0 aliphatic carbocycles. The topological polar surface area (TPSA) is 57.5 Å². The Morgan fingerprint density at radius 2 is 1.88 bits per heavy atom. The van der Waals surface area contributed by atoms with Crippen LogP contribution < -0.4 is 10.3 Å². The fourth-order valence-electron chi connectivity index (χ4n) is 2.89. The van der Waals surface area contributed by atoms with Crippen LogP contribution in [0.4, 0.5) is 0 Å². The van der Waals surface area contributed by atoms with Gasteiger partial charge in [0.15, 0.2) is 5.56 Å². The second-order valence-electron chi connectivity index (χ2n) is 5.66. The quantitative estimate of drug-likeness (QED) is 0.546. The van der Waals surface area contributed by atoms with Gasteiger partial charge in [-0.05, 0) is 25.5 Å². The van der Waals surface area contributed by atoms with Crippen molar-refractivity contribution in [1.29, 1.82) is 0 Å². The van der Waals surface area contributed by atoms with Crippen molar-refractivity contribution in [3.63, 3.8) is 0 Å². The third-order valence-corrected chi connectivity index (χ3v) is 4.04. The molecule has 0 aliphatic heterocycles. The van der Waals surface area contributed by atoms with Crippen molar-refractivity contribution >= 4 is 16.9 Å². The number of para-hydroxylation sites is 1. The van der Waals surface area contributed by atoms with Crippen LogP contribution in [-0.2, 0) is 11.3 Å². The highest BCUT2D eigenvalue weighted by atomic mass is 16.5. The molecular formula is C19H25NO4. The summed E-state index contributed by atoms with van der Waals surface area (Å²) in [5, 5.41) is 0.748. The number of carbonyl (C=O) groups is 1. The number of nitrogens with zero attached hydrogens (tertiary/aromatic N) is 1. The molecule has 0 bridgehead atoms. The average molecular weight is 331 g/mol. The van der Waals surface area contributed by atoms with Crippen molar-refractivity contribution in [2.24, 2.45) is 0 Å². The predicted octanol–water partition coefficient (Wildman–Crippen LogP) is 3.77. The molecule has 0 unspecified atom stereocenters. The van der Waals surface area contributed by atoms with Gasteiger partial charge in [0.2, 0.25) is 0 Å². The largest absolute Gasteiger partial charge is 0.495 e. The summed E-state index contributed by atoms with van der Waals surface area (Å²) in [7, 11) is 1.47. The number of ether oxygens (including phenoxy) is 2. The standard InChI is InChI=1S/C19H25NO4/c1-4-6-7-10-13-20-15-12-9-8-11-14(15)17(23-3)16(18(20)21)19(22)24-5-2/h8-9,11-12H,4-7,10,13H2,1-3H3. The van der Waals surface area contributed by atoms with Gasteiger partial charge < -0.3 is 14.0 Å². The molecule has 5 nitrogen and oxygen atoms in total. The molecule has 1 aromatic heterocycles. The summed E-state index contributed by atoms with van der Waals surface area (Å²) in [6, 6.07) is 7.49. The molecule has 24 heavy (non-hydrogen) atoms. The van der Waals surface area contributed by atoms with Gasteiger partial charge in [0, 0.05) is 11.9 Å². The first-order valence-electron chi connectivity index (χ1n) is 8.52. The molecule has 0 fully saturated rings. The predicted molar refractivity (Wildman–Crippen MR) is 94.9 cm³/mol. The Morgan fingerprint density at radius 3 is 2.54 bits per heavy atom. The Balaban J connectivity index is 2.60. The highest BCUT2D eigenvalue weighted by Crippen LogP contribution is 2.28. The third kappa shape index (κ3) is 3.61. The molecule has 0 spiro atoms. The van der Waals surface area contributed by atoms with E-state index in [-0.39, 0.29) is 17.7 Å². The van der Waals surface area contributed by atoms with Crippen molar-refractivity contribution in [2.75, 3.05) is 13.7 Å². The van der Waals surface area contributed by atoms with Crippen LogP contribution in [0, 0.1) is 0 Å². The monoisotopic (exact) mass is 331 g/mol. The van der Waals surface area contributed by atoms with Crippen molar-refractivity contribution < 1.29 is 14.3 Å². The fourth-order valence-corrected chi connectivity index (χ4v) is 2.89. The minimum Gasteiger partial charge on any atom is -0.495 e. The number of methoxy groups -OCH3 is 1. The van der Waals surface area contributed by atoms with Gasteiger partial charge in [-0.2, -0.15) is 0 Å². The number of aromatic nitrogens is 1. The molecule has 1 heterocycles. The summed E-state index contributed by atoms with van der Waals surface area (Å²) < 4.78 is 12.1. The van der Waals surface area contributed by atoms with Gasteiger partial charge in [0.1, 0.15) is 5.75 Å². The van der Waals surface area contributed by atoms with E-state index in [1.54, 1.807) is 11.5 Å². The van der Waals surface area contributed by atoms with Crippen molar-refractivity contribution in [2.45, 2.75) is 46.1 Å². The number of rotatable bonds is 8. The lowest BCUT2D eigenvalue weighted by molar-refractivity contribution is 0.0520. The van der Waals surface area contributed by atoms with Crippen LogP contribution in [0.25, 0.3) is 10.9 Å². The first-order valence-corrected chi connectivity index (χ1v) is 8.52. The van der Waals surface area contributed by atoms with Gasteiger partial charge in [-0.25, -0.2) is 4.79 Å². The fraction of sp³-hybridized carbons (Fsp3) is 0.474. The van der Waals surface area contributed by atoms with Crippen LogP contribution in [0.5, 0.6) is 5.75 Å². The summed E-state index contributed by atoms with van der Waals surface area (Å²) >= 11 is 0. The molecule has 130 valence electrons. The minimum absolute atomic E-state index is 0.0199. The van der Waals surface area contributed by atoms with Gasteiger partial charge in [0.25, 0.3) is 5.56 Å². The second kappa shape index (κ2) is 8.52. The number of esters is 1. The number of unbranched alkanes of at least 4 members (excludes halogenated alkanes) is 3. The lowest BCUT2D eigenvalue weighted by atomic mass is 10.1. The van der Waals surface area contributed by atoms with E-state index in [0.29, 0.717) is 12.3 Å². The lowest BCUT2D eigenvalue weighted by Gasteiger charge is -2.16. The molecule has 5 heteroatoms. The Kier molecular flexibility index (Phi) is 6.41. The summed E-state index contributed by atoms with van der Waals surface area (Å²) in [6.07, 6.45) is 4.21. The number of aryl methyl sites for hydroxylation is 1. The molecule has 0 amide bonds. The van der Waals surface area contributed by atoms with Crippen molar-refractivity contribution in [3.05, 3.63) is 40.2 Å². The van der Waals surface area contributed by atoms with Gasteiger partial charge in [0.05, 0.1) is 19.2 Å². The van der Waals surface area contributed by atoms with Gasteiger partial charge >= 0.3 is 5.97 Å². The van der Waals surface area contributed by atoms with Crippen LogP contribution in [0.3, 0.4) is 0 Å². The smallest absolute Gasteiger partial charge is 0.347 e. The van der Waals surface area contributed by atoms with Gasteiger partial charge in [-0.1, -0.05) is 38.3 Å². The molecule has 0 radical (unpaired) electrons. The maximum atomic E-state index is 12.9. The van der Waals surface area contributed by atoms with Gasteiger partial charge in [-0.3, -0.25) is 4.79 Å². The van der Waals surface area contributed by atoms with E-state index in [9.17, 15) is 9.59 Å². The molecule has 1 aromatic carbocycles. The van der Waals surface area contributed by atoms with Crippen molar-refractivity contribution in [3.8, 4) is 5.75 Å². The summed E-state index contributed by atoms with van der Waals surface area (Å²) in [5.41, 5.74) is 0.415. The van der Waals surface area contributed by atoms with E-state index in [4.69, 9.17) is 9.47 Å². The zero-order valence-corrected chi connectivity index (χ0v) is 14.6. The Bertz CT molecular complexity index is 764. The highest BCUT2D eigenvalue weighted by molar-refractivity contribution is 5.99. The summed E-state index contributed by atoms with van der Waals surface area (Å²) in [6.45, 7) is 4.66. The summed E-state index contributed by atoms with van der Waals surface area (Å²) in [5.74, 6) is -0.341. The molecular weight excluding hydrogens is 306 g/mol. The van der Waals surface area contributed by atoms with E-state index >= 15 is 0 Å². The van der Waals surface area contributed by atoms with E-state index in [2.05, 4.69) is 6.92 Å². The van der Waals surface area contributed by atoms with Crippen LogP contribution in [-0.4, -0.2) is 24.3 Å².